The first kappa shape index (κ1) is 10.8. The second-order valence-electron chi connectivity index (χ2n) is 3.81. The number of rotatable bonds is 1. The lowest BCUT2D eigenvalue weighted by Crippen LogP contribution is -2.13. The van der Waals surface area contributed by atoms with Gasteiger partial charge in [0.1, 0.15) is 5.00 Å². The number of aromatic nitrogens is 2. The number of H-pyrrole nitrogens is 1. The van der Waals surface area contributed by atoms with E-state index in [0.29, 0.717) is 0 Å². The first-order valence-electron chi connectivity index (χ1n) is 5.13. The van der Waals surface area contributed by atoms with Gasteiger partial charge in [0.25, 0.3) is 0 Å². The summed E-state index contributed by atoms with van der Waals surface area (Å²) in [5, 5.41) is 0.919. The lowest BCUT2D eigenvalue weighted by atomic mass is 10.2. The third kappa shape index (κ3) is 1.66. The zero-order valence-electron chi connectivity index (χ0n) is 9.03. The Morgan fingerprint density at radius 2 is 2.12 bits per heavy atom. The molecule has 0 radical (unpaired) electrons. The van der Waals surface area contributed by atoms with Crippen LogP contribution in [0.5, 0.6) is 0 Å². The van der Waals surface area contributed by atoms with Crippen molar-refractivity contribution in [1.82, 2.24) is 9.55 Å². The second kappa shape index (κ2) is 3.85. The zero-order valence-corrected chi connectivity index (χ0v) is 11.4. The molecule has 0 aliphatic carbocycles. The van der Waals surface area contributed by atoms with Crippen LogP contribution in [-0.4, -0.2) is 9.55 Å². The summed E-state index contributed by atoms with van der Waals surface area (Å²) in [6.45, 7) is 2.01. The van der Waals surface area contributed by atoms with Gasteiger partial charge in [0.15, 0.2) is 0 Å². The highest BCUT2D eigenvalue weighted by atomic mass is 79.9. The van der Waals surface area contributed by atoms with E-state index in [1.165, 1.54) is 0 Å². The van der Waals surface area contributed by atoms with Crippen molar-refractivity contribution < 1.29 is 0 Å². The van der Waals surface area contributed by atoms with E-state index in [4.69, 9.17) is 0 Å². The lowest BCUT2D eigenvalue weighted by Gasteiger charge is -2.01. The van der Waals surface area contributed by atoms with Crippen molar-refractivity contribution in [3.05, 3.63) is 50.2 Å². The number of para-hydroxylation sites is 1. The van der Waals surface area contributed by atoms with Crippen LogP contribution < -0.4 is 5.69 Å². The van der Waals surface area contributed by atoms with Crippen molar-refractivity contribution >= 4 is 38.3 Å². The smallest absolute Gasteiger partial charge is 0.305 e. The molecule has 0 unspecified atom stereocenters. The first-order valence-corrected chi connectivity index (χ1v) is 6.74. The van der Waals surface area contributed by atoms with Gasteiger partial charge >= 0.3 is 5.69 Å². The molecule has 1 aromatic carbocycles. The molecule has 0 saturated heterocycles. The van der Waals surface area contributed by atoms with Crippen molar-refractivity contribution in [1.29, 1.82) is 0 Å². The van der Waals surface area contributed by atoms with Gasteiger partial charge in [-0.2, -0.15) is 0 Å². The van der Waals surface area contributed by atoms with E-state index in [2.05, 4.69) is 20.9 Å². The Morgan fingerprint density at radius 1 is 1.29 bits per heavy atom. The maximum Gasteiger partial charge on any atom is 0.331 e. The van der Waals surface area contributed by atoms with Crippen LogP contribution in [0.25, 0.3) is 16.0 Å². The van der Waals surface area contributed by atoms with Crippen molar-refractivity contribution in [2.75, 3.05) is 0 Å². The molecule has 3 rings (SSSR count). The molecule has 0 fully saturated rings. The van der Waals surface area contributed by atoms with Crippen molar-refractivity contribution in [3.63, 3.8) is 0 Å². The number of benzene rings is 1. The van der Waals surface area contributed by atoms with E-state index >= 15 is 0 Å². The lowest BCUT2D eigenvalue weighted by molar-refractivity contribution is 1.03. The third-order valence-electron chi connectivity index (χ3n) is 2.69. The predicted octanol–water partition coefficient (Wildman–Crippen LogP) is 3.45. The minimum absolute atomic E-state index is 0.0938. The third-order valence-corrected chi connectivity index (χ3v) is 4.29. The van der Waals surface area contributed by atoms with E-state index in [9.17, 15) is 4.79 Å². The summed E-state index contributed by atoms with van der Waals surface area (Å²) >= 11 is 4.96. The highest BCUT2D eigenvalue weighted by molar-refractivity contribution is 9.11. The van der Waals surface area contributed by atoms with Crippen LogP contribution in [0.2, 0.25) is 0 Å². The fraction of sp³-hybridized carbons (Fsp3) is 0.0833. The number of thiophene rings is 1. The monoisotopic (exact) mass is 308 g/mol. The number of imidazole rings is 1. The van der Waals surface area contributed by atoms with Crippen molar-refractivity contribution in [3.8, 4) is 5.00 Å². The Morgan fingerprint density at radius 3 is 2.82 bits per heavy atom. The van der Waals surface area contributed by atoms with Crippen molar-refractivity contribution in [2.45, 2.75) is 6.92 Å². The van der Waals surface area contributed by atoms with Gasteiger partial charge in [0.2, 0.25) is 0 Å². The molecule has 2 heterocycles. The number of halogens is 1. The topological polar surface area (TPSA) is 37.8 Å². The molecule has 0 saturated carbocycles. The quantitative estimate of drug-likeness (QED) is 0.734. The zero-order chi connectivity index (χ0) is 12.0. The fourth-order valence-corrected chi connectivity index (χ4v) is 3.33. The molecule has 5 heteroatoms. The summed E-state index contributed by atoms with van der Waals surface area (Å²) in [7, 11) is 0. The Bertz CT molecular complexity index is 753. The molecule has 86 valence electrons. The van der Waals surface area contributed by atoms with E-state index in [1.54, 1.807) is 15.9 Å². The normalized spacial score (nSPS) is 11.2. The first-order chi connectivity index (χ1) is 8.16. The van der Waals surface area contributed by atoms with Crippen LogP contribution in [0, 0.1) is 6.92 Å². The molecule has 3 nitrogen and oxygen atoms in total. The highest BCUT2D eigenvalue weighted by Gasteiger charge is 2.11. The highest BCUT2D eigenvalue weighted by Crippen LogP contribution is 2.27. The predicted molar refractivity (Wildman–Crippen MR) is 74.2 cm³/mol. The molecular formula is C12H9BrN2OS. The summed E-state index contributed by atoms with van der Waals surface area (Å²) in [4.78, 5) is 14.9. The molecule has 3 aromatic rings. The number of hydrogen-bond acceptors (Lipinski definition) is 2. The number of aryl methyl sites for hydroxylation is 1. The molecule has 0 amide bonds. The average molecular weight is 309 g/mol. The van der Waals surface area contributed by atoms with Gasteiger partial charge in [0.05, 0.1) is 14.8 Å². The van der Waals surface area contributed by atoms with Crippen molar-refractivity contribution in [2.24, 2.45) is 0 Å². The Kier molecular flexibility index (Phi) is 2.45. The average Bonchev–Trinajstić information content (AvgIpc) is 2.82. The molecule has 0 aliphatic heterocycles. The summed E-state index contributed by atoms with van der Waals surface area (Å²) in [6.07, 6.45) is 0. The van der Waals surface area contributed by atoms with Gasteiger partial charge in [0, 0.05) is 0 Å². The van der Waals surface area contributed by atoms with Gasteiger partial charge in [-0.15, -0.1) is 11.3 Å². The Labute approximate surface area is 110 Å². The van der Waals surface area contributed by atoms with Gasteiger partial charge in [-0.3, -0.25) is 4.57 Å². The van der Waals surface area contributed by atoms with E-state index in [1.807, 2.05) is 37.3 Å². The van der Waals surface area contributed by atoms with Gasteiger partial charge < -0.3 is 4.98 Å². The van der Waals surface area contributed by atoms with E-state index in [0.717, 1.165) is 25.4 Å². The maximum absolute atomic E-state index is 12.0. The SMILES string of the molecule is Cc1cccc2[nH]c(=O)n(-c3ccc(Br)s3)c12. The molecule has 1 N–H and O–H groups in total. The number of nitrogens with zero attached hydrogens (tertiary/aromatic N) is 1. The number of nitrogens with one attached hydrogen (secondary N) is 1. The largest absolute Gasteiger partial charge is 0.331 e. The van der Waals surface area contributed by atoms with E-state index < -0.39 is 0 Å². The summed E-state index contributed by atoms with van der Waals surface area (Å²) in [5.41, 5.74) is 2.82. The van der Waals surface area contributed by atoms with Crippen LogP contribution in [0.1, 0.15) is 5.56 Å². The number of fused-ring (bicyclic) bond motifs is 1. The van der Waals surface area contributed by atoms with Crippen LogP contribution in [0.15, 0.2) is 38.9 Å². The molecule has 0 spiro atoms. The summed E-state index contributed by atoms with van der Waals surface area (Å²) in [5.74, 6) is 0. The minimum atomic E-state index is -0.0938. The molecule has 17 heavy (non-hydrogen) atoms. The fourth-order valence-electron chi connectivity index (χ4n) is 1.96. The molecule has 2 aromatic heterocycles. The number of aromatic amines is 1. The Hall–Kier alpha value is -1.33. The minimum Gasteiger partial charge on any atom is -0.305 e. The van der Waals surface area contributed by atoms with E-state index in [-0.39, 0.29) is 5.69 Å². The van der Waals surface area contributed by atoms with Gasteiger partial charge in [-0.1, -0.05) is 12.1 Å². The van der Waals surface area contributed by atoms with Crippen LogP contribution in [0.3, 0.4) is 0 Å². The van der Waals surface area contributed by atoms with Crippen LogP contribution in [0.4, 0.5) is 0 Å². The summed E-state index contributed by atoms with van der Waals surface area (Å²) in [6, 6.07) is 9.76. The molecule has 0 atom stereocenters. The summed E-state index contributed by atoms with van der Waals surface area (Å²) < 4.78 is 2.74. The number of hydrogen-bond donors (Lipinski definition) is 1. The van der Waals surface area contributed by atoms with Gasteiger partial charge in [-0.25, -0.2) is 4.79 Å². The van der Waals surface area contributed by atoms with Crippen LogP contribution in [-0.2, 0) is 0 Å². The standard InChI is InChI=1S/C12H9BrN2OS/c1-7-3-2-4-8-11(7)15(12(16)14-8)10-6-5-9(13)17-10/h2-6H,1H3,(H,14,16). The molecule has 0 aliphatic rings. The maximum atomic E-state index is 12.0. The molecule has 0 bridgehead atoms. The Balaban J connectivity index is 2.43. The second-order valence-corrected chi connectivity index (χ2v) is 6.26. The molecular weight excluding hydrogens is 300 g/mol. The van der Waals surface area contributed by atoms with Gasteiger partial charge in [-0.05, 0) is 46.6 Å². The van der Waals surface area contributed by atoms with Crippen LogP contribution >= 0.6 is 27.3 Å².